The summed E-state index contributed by atoms with van der Waals surface area (Å²) in [6.45, 7) is 12.7. The van der Waals surface area contributed by atoms with Crippen molar-refractivity contribution in [2.24, 2.45) is 11.3 Å². The fourth-order valence-corrected chi connectivity index (χ4v) is 5.79. The van der Waals surface area contributed by atoms with Crippen LogP contribution in [0.4, 0.5) is 24.8 Å². The van der Waals surface area contributed by atoms with Gasteiger partial charge in [0, 0.05) is 24.2 Å². The fourth-order valence-electron chi connectivity index (χ4n) is 5.79. The van der Waals surface area contributed by atoms with Crippen LogP contribution in [0, 0.1) is 11.3 Å². The first-order chi connectivity index (χ1) is 19.1. The van der Waals surface area contributed by atoms with E-state index in [0.717, 1.165) is 30.3 Å². The number of halogens is 3. The van der Waals surface area contributed by atoms with Gasteiger partial charge in [-0.2, -0.15) is 0 Å². The number of carbonyl (C=O) groups excluding carboxylic acids is 1. The van der Waals surface area contributed by atoms with Crippen molar-refractivity contribution < 1.29 is 32.2 Å². The van der Waals surface area contributed by atoms with Gasteiger partial charge >= 0.3 is 12.3 Å². The summed E-state index contributed by atoms with van der Waals surface area (Å²) in [6, 6.07) is 11.6. The largest absolute Gasteiger partial charge is 0.573 e. The number of aromatic nitrogens is 2. The smallest absolute Gasteiger partial charge is 0.494 e. The molecule has 1 saturated carbocycles. The molecule has 4 rings (SSSR count). The lowest BCUT2D eigenvalue weighted by Gasteiger charge is -2.40. The van der Waals surface area contributed by atoms with Crippen LogP contribution in [-0.4, -0.2) is 34.1 Å². The Morgan fingerprint density at radius 1 is 1.07 bits per heavy atom. The lowest BCUT2D eigenvalue weighted by molar-refractivity contribution is -0.274. The standard InChI is InChI=1S/C31H40F3N3O4/c1-20-16-22(19-30(5,6)18-20)37-26-14-13-24(39-15-7-8-27(38)41-29(2,3)4)17-25(26)36-28(37)35-21-9-11-23(12-10-21)40-31(32,33)34/h9-14,17,20,22H,7-8,15-16,18-19H2,1-6H3,(H,35,36)/t20-,22+/m1/s1. The number of hydrogen-bond acceptors (Lipinski definition) is 6. The van der Waals surface area contributed by atoms with E-state index in [1.54, 1.807) is 0 Å². The maximum atomic E-state index is 12.6. The number of anilines is 2. The second-order valence-corrected chi connectivity index (χ2v) is 12.8. The lowest BCUT2D eigenvalue weighted by Crippen LogP contribution is -2.29. The van der Waals surface area contributed by atoms with Crippen LogP contribution < -0.4 is 14.8 Å². The number of fused-ring (bicyclic) bond motifs is 1. The molecule has 224 valence electrons. The average molecular weight is 576 g/mol. The Bertz CT molecular complexity index is 1340. The quantitative estimate of drug-likeness (QED) is 0.204. The highest BCUT2D eigenvalue weighted by Crippen LogP contribution is 2.46. The first-order valence-electron chi connectivity index (χ1n) is 14.1. The minimum atomic E-state index is -4.75. The van der Waals surface area contributed by atoms with Crippen LogP contribution in [0.25, 0.3) is 11.0 Å². The third-order valence-corrected chi connectivity index (χ3v) is 6.95. The zero-order valence-electron chi connectivity index (χ0n) is 24.6. The maximum absolute atomic E-state index is 12.6. The molecule has 0 spiro atoms. The van der Waals surface area contributed by atoms with Gasteiger partial charge in [0.2, 0.25) is 5.95 Å². The molecule has 1 aromatic heterocycles. The van der Waals surface area contributed by atoms with Crippen LogP contribution in [0.2, 0.25) is 0 Å². The molecule has 1 aliphatic carbocycles. The van der Waals surface area contributed by atoms with Gasteiger partial charge < -0.3 is 24.1 Å². The Morgan fingerprint density at radius 2 is 1.76 bits per heavy atom. The third-order valence-electron chi connectivity index (χ3n) is 6.95. The first-order valence-corrected chi connectivity index (χ1v) is 14.1. The predicted molar refractivity (Wildman–Crippen MR) is 153 cm³/mol. The van der Waals surface area contributed by atoms with Crippen molar-refractivity contribution in [3.8, 4) is 11.5 Å². The van der Waals surface area contributed by atoms with Crippen molar-refractivity contribution in [1.82, 2.24) is 9.55 Å². The molecule has 0 saturated heterocycles. The Morgan fingerprint density at radius 3 is 2.39 bits per heavy atom. The molecule has 3 aromatic rings. The molecule has 1 fully saturated rings. The number of carbonyl (C=O) groups is 1. The van der Waals surface area contributed by atoms with Gasteiger partial charge in [-0.1, -0.05) is 20.8 Å². The number of nitrogens with one attached hydrogen (secondary N) is 1. The molecule has 41 heavy (non-hydrogen) atoms. The Kier molecular flexibility index (Phi) is 8.80. The van der Waals surface area contributed by atoms with Crippen molar-refractivity contribution in [2.75, 3.05) is 11.9 Å². The van der Waals surface area contributed by atoms with E-state index in [4.69, 9.17) is 14.5 Å². The topological polar surface area (TPSA) is 74.6 Å². The summed E-state index contributed by atoms with van der Waals surface area (Å²) in [5.41, 5.74) is 1.92. The van der Waals surface area contributed by atoms with E-state index >= 15 is 0 Å². The van der Waals surface area contributed by atoms with Crippen LogP contribution in [-0.2, 0) is 9.53 Å². The summed E-state index contributed by atoms with van der Waals surface area (Å²) in [7, 11) is 0. The zero-order valence-corrected chi connectivity index (χ0v) is 24.6. The van der Waals surface area contributed by atoms with E-state index in [0.29, 0.717) is 36.3 Å². The van der Waals surface area contributed by atoms with Crippen LogP contribution in [0.3, 0.4) is 0 Å². The number of rotatable bonds is 9. The number of nitrogens with zero attached hydrogens (tertiary/aromatic N) is 2. The molecule has 7 nitrogen and oxygen atoms in total. The van der Waals surface area contributed by atoms with Crippen molar-refractivity contribution >= 4 is 28.6 Å². The summed E-state index contributed by atoms with van der Waals surface area (Å²) in [5.74, 6) is 1.24. The Balaban J connectivity index is 1.56. The SMILES string of the molecule is C[C@@H]1C[C@H](n2c(Nc3ccc(OC(F)(F)F)cc3)nc3cc(OCCCC(=O)OC(C)(C)C)ccc32)CC(C)(C)C1. The van der Waals surface area contributed by atoms with E-state index in [-0.39, 0.29) is 29.6 Å². The summed E-state index contributed by atoms with van der Waals surface area (Å²) >= 11 is 0. The minimum absolute atomic E-state index is 0.157. The van der Waals surface area contributed by atoms with Crippen molar-refractivity contribution in [3.05, 3.63) is 42.5 Å². The van der Waals surface area contributed by atoms with Crippen LogP contribution in [0.5, 0.6) is 11.5 Å². The summed E-state index contributed by atoms with van der Waals surface area (Å²) in [4.78, 5) is 16.9. The number of esters is 1. The molecule has 2 aromatic carbocycles. The van der Waals surface area contributed by atoms with Crippen LogP contribution >= 0.6 is 0 Å². The van der Waals surface area contributed by atoms with Crippen LogP contribution in [0.1, 0.15) is 79.7 Å². The number of ether oxygens (including phenoxy) is 3. The van der Waals surface area contributed by atoms with E-state index < -0.39 is 12.0 Å². The lowest BCUT2D eigenvalue weighted by atomic mass is 9.70. The molecule has 0 unspecified atom stereocenters. The number of alkyl halides is 3. The highest BCUT2D eigenvalue weighted by molar-refractivity contribution is 5.81. The fraction of sp³-hybridized carbons (Fsp3) is 0.548. The predicted octanol–water partition coefficient (Wildman–Crippen LogP) is 8.57. The van der Waals surface area contributed by atoms with E-state index in [1.807, 2.05) is 39.0 Å². The first kappa shape index (κ1) is 30.5. The minimum Gasteiger partial charge on any atom is -0.494 e. The molecule has 0 aliphatic heterocycles. The van der Waals surface area contributed by atoms with Crippen molar-refractivity contribution in [1.29, 1.82) is 0 Å². The molecule has 2 atom stereocenters. The highest BCUT2D eigenvalue weighted by Gasteiger charge is 2.35. The summed E-state index contributed by atoms with van der Waals surface area (Å²) in [5, 5.41) is 3.32. The Hall–Kier alpha value is -3.43. The maximum Gasteiger partial charge on any atom is 0.573 e. The molecule has 0 bridgehead atoms. The van der Waals surface area contributed by atoms with Gasteiger partial charge in [0.1, 0.15) is 17.1 Å². The van der Waals surface area contributed by atoms with Gasteiger partial charge in [-0.05, 0) is 94.2 Å². The molecule has 1 N–H and O–H groups in total. The van der Waals surface area contributed by atoms with E-state index in [2.05, 4.69) is 35.4 Å². The molecular formula is C31H40F3N3O4. The monoisotopic (exact) mass is 575 g/mol. The van der Waals surface area contributed by atoms with Crippen molar-refractivity contribution in [2.45, 2.75) is 91.7 Å². The summed E-state index contributed by atoms with van der Waals surface area (Å²) < 4.78 is 55.3. The second kappa shape index (κ2) is 11.8. The number of benzene rings is 2. The third kappa shape index (κ3) is 8.78. The molecule has 0 amide bonds. The average Bonchev–Trinajstić information content (AvgIpc) is 3.17. The number of hydrogen-bond donors (Lipinski definition) is 1. The van der Waals surface area contributed by atoms with E-state index in [1.165, 1.54) is 24.3 Å². The molecular weight excluding hydrogens is 535 g/mol. The van der Waals surface area contributed by atoms with Gasteiger partial charge in [-0.3, -0.25) is 4.79 Å². The van der Waals surface area contributed by atoms with E-state index in [9.17, 15) is 18.0 Å². The van der Waals surface area contributed by atoms with Crippen molar-refractivity contribution in [3.63, 3.8) is 0 Å². The zero-order chi connectivity index (χ0) is 30.0. The van der Waals surface area contributed by atoms with Crippen LogP contribution in [0.15, 0.2) is 42.5 Å². The molecule has 1 aliphatic rings. The van der Waals surface area contributed by atoms with Gasteiger partial charge in [-0.25, -0.2) is 4.98 Å². The molecule has 10 heteroatoms. The second-order valence-electron chi connectivity index (χ2n) is 12.8. The number of imidazole rings is 1. The molecule has 1 heterocycles. The Labute approximate surface area is 239 Å². The molecule has 0 radical (unpaired) electrons. The van der Waals surface area contributed by atoms with Gasteiger partial charge in [-0.15, -0.1) is 13.2 Å². The normalized spacial score (nSPS) is 19.1. The van der Waals surface area contributed by atoms with Gasteiger partial charge in [0.05, 0.1) is 17.6 Å². The highest BCUT2D eigenvalue weighted by atomic mass is 19.4. The van der Waals surface area contributed by atoms with Gasteiger partial charge in [0.15, 0.2) is 0 Å². The van der Waals surface area contributed by atoms with Gasteiger partial charge in [0.25, 0.3) is 0 Å². The summed E-state index contributed by atoms with van der Waals surface area (Å²) in [6.07, 6.45) is -0.852.